The second kappa shape index (κ2) is 9.94. The number of hydrogen-bond donors (Lipinski definition) is 0. The molecular weight excluding hydrogens is 206 g/mol. The summed E-state index contributed by atoms with van der Waals surface area (Å²) >= 11 is 0. The first-order chi connectivity index (χ1) is 8.35. The van der Waals surface area contributed by atoms with Gasteiger partial charge in [-0.2, -0.15) is 0 Å². The molecule has 1 aliphatic heterocycles. The Morgan fingerprint density at radius 3 is 2.00 bits per heavy atom. The lowest BCUT2D eigenvalue weighted by atomic mass is 9.73. The van der Waals surface area contributed by atoms with Gasteiger partial charge in [-0.1, -0.05) is 53.9 Å². The van der Waals surface area contributed by atoms with E-state index in [0.29, 0.717) is 0 Å². The van der Waals surface area contributed by atoms with E-state index in [9.17, 15) is 0 Å². The molecule has 0 radical (unpaired) electrons. The van der Waals surface area contributed by atoms with Crippen LogP contribution in [-0.4, -0.2) is 24.5 Å². The summed E-state index contributed by atoms with van der Waals surface area (Å²) in [6, 6.07) is 0. The first kappa shape index (κ1) is 17.0. The molecule has 0 bridgehead atoms. The van der Waals surface area contributed by atoms with Crippen molar-refractivity contribution in [2.75, 3.05) is 19.6 Å². The van der Waals surface area contributed by atoms with Gasteiger partial charge >= 0.3 is 0 Å². The van der Waals surface area contributed by atoms with Gasteiger partial charge in [0.15, 0.2) is 0 Å². The van der Waals surface area contributed by atoms with Crippen LogP contribution in [0.15, 0.2) is 0 Å². The number of likely N-dealkylation sites (tertiary alicyclic amines) is 1. The molecular formula is C16H35N. The van der Waals surface area contributed by atoms with Gasteiger partial charge in [-0.15, -0.1) is 0 Å². The van der Waals surface area contributed by atoms with Gasteiger partial charge in [0, 0.05) is 6.54 Å². The Morgan fingerprint density at radius 1 is 0.882 bits per heavy atom. The summed E-state index contributed by atoms with van der Waals surface area (Å²) in [5, 5.41) is 0. The van der Waals surface area contributed by atoms with Gasteiger partial charge in [0.1, 0.15) is 0 Å². The molecule has 2 rings (SSSR count). The molecule has 104 valence electrons. The fourth-order valence-corrected chi connectivity index (χ4v) is 3.24. The molecule has 17 heavy (non-hydrogen) atoms. The molecule has 1 heteroatoms. The fourth-order valence-electron chi connectivity index (χ4n) is 3.24. The molecule has 1 heterocycles. The fraction of sp³-hybridized carbons (Fsp3) is 1.00. The van der Waals surface area contributed by atoms with Crippen molar-refractivity contribution < 1.29 is 0 Å². The van der Waals surface area contributed by atoms with E-state index < -0.39 is 0 Å². The second-order valence-corrected chi connectivity index (χ2v) is 5.09. The lowest BCUT2D eigenvalue weighted by Gasteiger charge is -2.33. The van der Waals surface area contributed by atoms with E-state index >= 15 is 0 Å². The van der Waals surface area contributed by atoms with Crippen molar-refractivity contribution in [3.8, 4) is 0 Å². The van der Waals surface area contributed by atoms with E-state index in [1.54, 1.807) is 0 Å². The Hall–Kier alpha value is -0.0400. The molecule has 0 amide bonds. The van der Waals surface area contributed by atoms with Gasteiger partial charge in [-0.3, -0.25) is 0 Å². The maximum absolute atomic E-state index is 2.69. The highest BCUT2D eigenvalue weighted by molar-refractivity contribution is 4.91. The third-order valence-electron chi connectivity index (χ3n) is 3.97. The van der Waals surface area contributed by atoms with Crippen molar-refractivity contribution in [3.63, 3.8) is 0 Å². The van der Waals surface area contributed by atoms with Crippen LogP contribution in [0.5, 0.6) is 0 Å². The van der Waals surface area contributed by atoms with Crippen molar-refractivity contribution in [2.24, 2.45) is 5.41 Å². The lowest BCUT2D eigenvalue weighted by Crippen LogP contribution is -2.29. The summed E-state index contributed by atoms with van der Waals surface area (Å²) in [5.74, 6) is 0. The monoisotopic (exact) mass is 241 g/mol. The Balaban J connectivity index is 0.000000581. The summed E-state index contributed by atoms with van der Waals surface area (Å²) in [7, 11) is 0. The van der Waals surface area contributed by atoms with E-state index in [1.807, 2.05) is 27.7 Å². The van der Waals surface area contributed by atoms with Crippen LogP contribution in [-0.2, 0) is 0 Å². The minimum Gasteiger partial charge on any atom is -0.303 e. The number of nitrogens with zero attached hydrogens (tertiary/aromatic N) is 1. The maximum Gasteiger partial charge on any atom is 0.00384 e. The average Bonchev–Trinajstić information content (AvgIpc) is 2.78. The van der Waals surface area contributed by atoms with Gasteiger partial charge in [0.2, 0.25) is 0 Å². The molecule has 2 aliphatic rings. The van der Waals surface area contributed by atoms with Crippen molar-refractivity contribution in [2.45, 2.75) is 79.6 Å². The molecule has 0 atom stereocenters. The Labute approximate surface area is 110 Å². The zero-order valence-corrected chi connectivity index (χ0v) is 13.0. The first-order valence-corrected chi connectivity index (χ1v) is 8.07. The van der Waals surface area contributed by atoms with Crippen molar-refractivity contribution in [1.82, 2.24) is 4.90 Å². The number of rotatable bonds is 2. The third kappa shape index (κ3) is 5.42. The largest absolute Gasteiger partial charge is 0.303 e. The predicted octanol–water partition coefficient (Wildman–Crippen LogP) is 5.11. The number of hydrogen-bond acceptors (Lipinski definition) is 1. The summed E-state index contributed by atoms with van der Waals surface area (Å²) in [6.07, 6.45) is 10.4. The van der Waals surface area contributed by atoms with E-state index in [1.165, 1.54) is 64.6 Å². The van der Waals surface area contributed by atoms with Crippen molar-refractivity contribution in [3.05, 3.63) is 0 Å². The molecule has 1 spiro atoms. The maximum atomic E-state index is 2.69. The molecule has 1 nitrogen and oxygen atoms in total. The summed E-state index contributed by atoms with van der Waals surface area (Å²) in [6.45, 7) is 14.4. The smallest absolute Gasteiger partial charge is 0.00384 e. The molecule has 0 N–H and O–H groups in total. The van der Waals surface area contributed by atoms with Crippen LogP contribution in [0.2, 0.25) is 0 Å². The van der Waals surface area contributed by atoms with Crippen LogP contribution >= 0.6 is 0 Å². The quantitative estimate of drug-likeness (QED) is 0.650. The molecule has 0 aromatic rings. The highest BCUT2D eigenvalue weighted by atomic mass is 15.2. The highest BCUT2D eigenvalue weighted by Crippen LogP contribution is 2.43. The minimum atomic E-state index is 0.771. The Kier molecular flexibility index (Phi) is 9.91. The van der Waals surface area contributed by atoms with Gasteiger partial charge < -0.3 is 4.90 Å². The van der Waals surface area contributed by atoms with Crippen LogP contribution < -0.4 is 0 Å². The van der Waals surface area contributed by atoms with Gasteiger partial charge in [0.25, 0.3) is 0 Å². The highest BCUT2D eigenvalue weighted by Gasteiger charge is 2.37. The van der Waals surface area contributed by atoms with E-state index in [2.05, 4.69) is 11.8 Å². The Bertz CT molecular complexity index is 159. The topological polar surface area (TPSA) is 3.24 Å². The SMILES string of the molecule is CC.CC.CCCN1CCC2(CCCCC2)C1. The van der Waals surface area contributed by atoms with Crippen LogP contribution in [0.4, 0.5) is 0 Å². The summed E-state index contributed by atoms with van der Waals surface area (Å²) < 4.78 is 0. The van der Waals surface area contributed by atoms with Crippen molar-refractivity contribution >= 4 is 0 Å². The van der Waals surface area contributed by atoms with Gasteiger partial charge in [-0.05, 0) is 44.2 Å². The minimum absolute atomic E-state index is 0.771. The lowest BCUT2D eigenvalue weighted by molar-refractivity contribution is 0.186. The van der Waals surface area contributed by atoms with Crippen LogP contribution in [0.3, 0.4) is 0 Å². The third-order valence-corrected chi connectivity index (χ3v) is 3.97. The molecule has 0 unspecified atom stereocenters. The standard InChI is InChI=1S/C12H23N.2C2H6/c1-2-9-13-10-8-12(11-13)6-4-3-5-7-12;2*1-2/h2-11H2,1H3;2*1-2H3. The molecule has 0 aromatic heterocycles. The van der Waals surface area contributed by atoms with Gasteiger partial charge in [-0.25, -0.2) is 0 Å². The van der Waals surface area contributed by atoms with Crippen LogP contribution in [0.1, 0.15) is 79.6 Å². The van der Waals surface area contributed by atoms with E-state index in [-0.39, 0.29) is 0 Å². The molecule has 2 fully saturated rings. The van der Waals surface area contributed by atoms with E-state index in [0.717, 1.165) is 5.41 Å². The Morgan fingerprint density at radius 2 is 1.47 bits per heavy atom. The zero-order chi connectivity index (χ0) is 13.1. The second-order valence-electron chi connectivity index (χ2n) is 5.09. The average molecular weight is 241 g/mol. The summed E-state index contributed by atoms with van der Waals surface area (Å²) in [5.41, 5.74) is 0.771. The molecule has 0 aromatic carbocycles. The predicted molar refractivity (Wildman–Crippen MR) is 79.6 cm³/mol. The summed E-state index contributed by atoms with van der Waals surface area (Å²) in [4.78, 5) is 2.69. The van der Waals surface area contributed by atoms with Crippen LogP contribution in [0, 0.1) is 5.41 Å². The first-order valence-electron chi connectivity index (χ1n) is 8.07. The zero-order valence-electron chi connectivity index (χ0n) is 13.0. The molecule has 1 aliphatic carbocycles. The molecule has 1 saturated heterocycles. The van der Waals surface area contributed by atoms with Crippen molar-refractivity contribution in [1.29, 1.82) is 0 Å². The normalized spacial score (nSPS) is 22.4. The van der Waals surface area contributed by atoms with Crippen LogP contribution in [0.25, 0.3) is 0 Å². The van der Waals surface area contributed by atoms with Gasteiger partial charge in [0.05, 0.1) is 0 Å². The van der Waals surface area contributed by atoms with E-state index in [4.69, 9.17) is 0 Å². The molecule has 1 saturated carbocycles.